The largest absolute Gasteiger partial charge is 0.397 e. The van der Waals surface area contributed by atoms with Gasteiger partial charge in [-0.1, -0.05) is 0 Å². The molecule has 1 amide bonds. The van der Waals surface area contributed by atoms with Gasteiger partial charge in [-0.2, -0.15) is 11.8 Å². The number of benzene rings is 1. The molecule has 2 atom stereocenters. The van der Waals surface area contributed by atoms with Crippen LogP contribution in [0.5, 0.6) is 0 Å². The average molecular weight is 291 g/mol. The maximum Gasteiger partial charge on any atom is 0.224 e. The van der Waals surface area contributed by atoms with Crippen molar-refractivity contribution in [3.05, 3.63) is 17.7 Å². The lowest BCUT2D eigenvalue weighted by atomic mass is 10.0. The number of fused-ring (bicyclic) bond motifs is 1. The Balaban J connectivity index is 1.76. The third-order valence-electron chi connectivity index (χ3n) is 4.25. The van der Waals surface area contributed by atoms with E-state index in [9.17, 15) is 4.79 Å². The Bertz CT molecular complexity index is 532. The Hall–Kier alpha value is -1.36. The number of anilines is 3. The zero-order valence-electron chi connectivity index (χ0n) is 11.7. The van der Waals surface area contributed by atoms with Crippen molar-refractivity contribution < 1.29 is 4.79 Å². The summed E-state index contributed by atoms with van der Waals surface area (Å²) in [5.74, 6) is 0.0940. The van der Waals surface area contributed by atoms with Crippen LogP contribution in [0.15, 0.2) is 12.1 Å². The van der Waals surface area contributed by atoms with E-state index in [2.05, 4.69) is 16.9 Å². The molecule has 4 N–H and O–H groups in total. The Labute approximate surface area is 123 Å². The SMILES string of the molecule is CSC1CCC(Nc2cc3c(cc2N)CCC(=O)N3)C1. The summed E-state index contributed by atoms with van der Waals surface area (Å²) in [6.45, 7) is 0. The molecule has 0 aromatic heterocycles. The molecular formula is C15H21N3OS. The zero-order valence-corrected chi connectivity index (χ0v) is 12.6. The van der Waals surface area contributed by atoms with Gasteiger partial charge in [0, 0.05) is 23.4 Å². The van der Waals surface area contributed by atoms with Gasteiger partial charge in [0.15, 0.2) is 0 Å². The standard InChI is InChI=1S/C15H21N3OS/c1-20-11-4-3-10(7-11)17-14-8-13-9(6-12(14)16)2-5-15(19)18-13/h6,8,10-11,17H,2-5,7,16H2,1H3,(H,18,19). The second-order valence-corrected chi connectivity index (χ2v) is 6.79. The number of nitrogens with one attached hydrogen (secondary N) is 2. The molecule has 1 saturated carbocycles. The van der Waals surface area contributed by atoms with Crippen LogP contribution in [-0.2, 0) is 11.2 Å². The van der Waals surface area contributed by atoms with E-state index in [0.717, 1.165) is 34.3 Å². The second kappa shape index (κ2) is 5.56. The summed E-state index contributed by atoms with van der Waals surface area (Å²) in [4.78, 5) is 11.5. The molecule has 1 heterocycles. The molecule has 0 saturated heterocycles. The summed E-state index contributed by atoms with van der Waals surface area (Å²) < 4.78 is 0. The molecule has 1 aliphatic carbocycles. The third kappa shape index (κ3) is 2.73. The summed E-state index contributed by atoms with van der Waals surface area (Å²) >= 11 is 1.95. The maximum absolute atomic E-state index is 11.5. The van der Waals surface area contributed by atoms with Gasteiger partial charge in [0.25, 0.3) is 0 Å². The molecule has 1 aliphatic heterocycles. The van der Waals surface area contributed by atoms with E-state index in [4.69, 9.17) is 5.73 Å². The summed E-state index contributed by atoms with van der Waals surface area (Å²) in [7, 11) is 0. The number of amides is 1. The van der Waals surface area contributed by atoms with Gasteiger partial charge < -0.3 is 16.4 Å². The number of carbonyl (C=O) groups excluding carboxylic acids is 1. The van der Waals surface area contributed by atoms with E-state index in [1.807, 2.05) is 23.9 Å². The Kier molecular flexibility index (Phi) is 3.78. The third-order valence-corrected chi connectivity index (χ3v) is 5.34. The number of hydrogen-bond donors (Lipinski definition) is 3. The quantitative estimate of drug-likeness (QED) is 0.749. The molecule has 0 spiro atoms. The first-order valence-corrected chi connectivity index (χ1v) is 8.46. The van der Waals surface area contributed by atoms with Gasteiger partial charge in [-0.05, 0) is 49.6 Å². The number of carbonyl (C=O) groups is 1. The molecule has 2 unspecified atom stereocenters. The van der Waals surface area contributed by atoms with Crippen LogP contribution in [0.2, 0.25) is 0 Å². The topological polar surface area (TPSA) is 67.1 Å². The molecule has 1 fully saturated rings. The second-order valence-electron chi connectivity index (χ2n) is 5.66. The van der Waals surface area contributed by atoms with Crippen molar-refractivity contribution in [2.45, 2.75) is 43.4 Å². The lowest BCUT2D eigenvalue weighted by Crippen LogP contribution is -2.21. The average Bonchev–Trinajstić information content (AvgIpc) is 2.88. The van der Waals surface area contributed by atoms with Crippen molar-refractivity contribution in [2.75, 3.05) is 22.6 Å². The van der Waals surface area contributed by atoms with Gasteiger partial charge >= 0.3 is 0 Å². The number of nitrogen functional groups attached to an aromatic ring is 1. The summed E-state index contributed by atoms with van der Waals surface area (Å²) in [5, 5.41) is 7.24. The molecule has 5 heteroatoms. The predicted molar refractivity (Wildman–Crippen MR) is 86.4 cm³/mol. The Morgan fingerprint density at radius 1 is 1.35 bits per heavy atom. The van der Waals surface area contributed by atoms with Gasteiger partial charge in [-0.3, -0.25) is 4.79 Å². The number of thioether (sulfide) groups is 1. The first-order valence-electron chi connectivity index (χ1n) is 7.17. The van der Waals surface area contributed by atoms with Crippen molar-refractivity contribution in [3.63, 3.8) is 0 Å². The summed E-state index contributed by atoms with van der Waals surface area (Å²) in [6, 6.07) is 4.48. The molecule has 0 radical (unpaired) electrons. The molecule has 20 heavy (non-hydrogen) atoms. The highest BCUT2D eigenvalue weighted by Crippen LogP contribution is 2.35. The van der Waals surface area contributed by atoms with E-state index in [1.165, 1.54) is 19.3 Å². The number of nitrogens with two attached hydrogens (primary N) is 1. The number of aryl methyl sites for hydroxylation is 1. The van der Waals surface area contributed by atoms with Crippen molar-refractivity contribution in [3.8, 4) is 0 Å². The fraction of sp³-hybridized carbons (Fsp3) is 0.533. The van der Waals surface area contributed by atoms with E-state index < -0.39 is 0 Å². The lowest BCUT2D eigenvalue weighted by Gasteiger charge is -2.22. The highest BCUT2D eigenvalue weighted by atomic mass is 32.2. The van der Waals surface area contributed by atoms with Crippen LogP contribution in [-0.4, -0.2) is 23.5 Å². The van der Waals surface area contributed by atoms with Gasteiger partial charge in [-0.15, -0.1) is 0 Å². The minimum absolute atomic E-state index is 0.0940. The molecule has 3 rings (SSSR count). The van der Waals surface area contributed by atoms with Crippen molar-refractivity contribution in [1.29, 1.82) is 0 Å². The minimum Gasteiger partial charge on any atom is -0.397 e. The van der Waals surface area contributed by atoms with E-state index in [0.29, 0.717) is 12.5 Å². The molecule has 1 aromatic carbocycles. The molecular weight excluding hydrogens is 270 g/mol. The van der Waals surface area contributed by atoms with Crippen LogP contribution < -0.4 is 16.4 Å². The van der Waals surface area contributed by atoms with E-state index in [1.54, 1.807) is 0 Å². The molecule has 2 aliphatic rings. The minimum atomic E-state index is 0.0940. The molecule has 0 bridgehead atoms. The normalized spacial score (nSPS) is 25.1. The maximum atomic E-state index is 11.5. The molecule has 1 aromatic rings. The smallest absolute Gasteiger partial charge is 0.224 e. The lowest BCUT2D eigenvalue weighted by molar-refractivity contribution is -0.116. The van der Waals surface area contributed by atoms with Gasteiger partial charge in [0.05, 0.1) is 11.4 Å². The molecule has 4 nitrogen and oxygen atoms in total. The monoisotopic (exact) mass is 291 g/mol. The van der Waals surface area contributed by atoms with Crippen LogP contribution >= 0.6 is 11.8 Å². The fourth-order valence-corrected chi connectivity index (χ4v) is 3.87. The predicted octanol–water partition coefficient (Wildman–Crippen LogP) is 2.85. The first-order chi connectivity index (χ1) is 9.65. The first kappa shape index (κ1) is 13.6. The van der Waals surface area contributed by atoms with Gasteiger partial charge in [-0.25, -0.2) is 0 Å². The van der Waals surface area contributed by atoms with Crippen molar-refractivity contribution in [2.24, 2.45) is 0 Å². The van der Waals surface area contributed by atoms with E-state index >= 15 is 0 Å². The zero-order chi connectivity index (χ0) is 14.1. The van der Waals surface area contributed by atoms with Crippen LogP contribution in [0.4, 0.5) is 17.1 Å². The summed E-state index contributed by atoms with van der Waals surface area (Å²) in [5.41, 5.74) is 9.94. The van der Waals surface area contributed by atoms with Crippen LogP contribution in [0.25, 0.3) is 0 Å². The number of hydrogen-bond acceptors (Lipinski definition) is 4. The molecule has 108 valence electrons. The summed E-state index contributed by atoms with van der Waals surface area (Å²) in [6.07, 6.45) is 7.15. The van der Waals surface area contributed by atoms with Crippen LogP contribution in [0, 0.1) is 0 Å². The fourth-order valence-electron chi connectivity index (χ4n) is 3.08. The van der Waals surface area contributed by atoms with Crippen LogP contribution in [0.3, 0.4) is 0 Å². The highest BCUT2D eigenvalue weighted by molar-refractivity contribution is 7.99. The Morgan fingerprint density at radius 2 is 2.20 bits per heavy atom. The Morgan fingerprint density at radius 3 is 2.95 bits per heavy atom. The van der Waals surface area contributed by atoms with Gasteiger partial charge in [0.2, 0.25) is 5.91 Å². The van der Waals surface area contributed by atoms with Gasteiger partial charge in [0.1, 0.15) is 0 Å². The highest BCUT2D eigenvalue weighted by Gasteiger charge is 2.25. The van der Waals surface area contributed by atoms with Crippen molar-refractivity contribution in [1.82, 2.24) is 0 Å². The van der Waals surface area contributed by atoms with Crippen molar-refractivity contribution >= 4 is 34.7 Å². The van der Waals surface area contributed by atoms with Crippen LogP contribution in [0.1, 0.15) is 31.2 Å². The number of rotatable bonds is 3. The van der Waals surface area contributed by atoms with E-state index in [-0.39, 0.29) is 5.91 Å².